The number of aromatic amines is 1. The van der Waals surface area contributed by atoms with Gasteiger partial charge in [0.2, 0.25) is 0 Å². The van der Waals surface area contributed by atoms with E-state index in [2.05, 4.69) is 70.4 Å². The van der Waals surface area contributed by atoms with E-state index < -0.39 is 6.04 Å². The molecule has 3 aromatic heterocycles. The third-order valence-electron chi connectivity index (χ3n) is 7.15. The van der Waals surface area contributed by atoms with E-state index in [0.717, 1.165) is 27.8 Å². The van der Waals surface area contributed by atoms with Gasteiger partial charge in [0.15, 0.2) is 5.82 Å². The number of fused-ring (bicyclic) bond motifs is 1. The molecule has 0 aliphatic rings. The van der Waals surface area contributed by atoms with Crippen LogP contribution in [0, 0.1) is 6.92 Å². The summed E-state index contributed by atoms with van der Waals surface area (Å²) in [5.74, 6) is 1.34. The quantitative estimate of drug-likeness (QED) is 0.261. The third-order valence-corrected chi connectivity index (χ3v) is 7.15. The summed E-state index contributed by atoms with van der Waals surface area (Å²) in [6.45, 7) is 10.5. The van der Waals surface area contributed by atoms with Crippen molar-refractivity contribution in [3.63, 3.8) is 0 Å². The number of benzene rings is 2. The Kier molecular flexibility index (Phi) is 7.95. The predicted octanol–water partition coefficient (Wildman–Crippen LogP) is 5.15. The molecule has 1 atom stereocenters. The molecule has 40 heavy (non-hydrogen) atoms. The number of tetrazole rings is 1. The number of H-pyrrole nitrogens is 1. The first-order valence-electron chi connectivity index (χ1n) is 13.5. The van der Waals surface area contributed by atoms with Gasteiger partial charge in [-0.25, -0.2) is 4.68 Å². The molecule has 2 aromatic carbocycles. The zero-order chi connectivity index (χ0) is 28.3. The number of methoxy groups -OCH3 is 1. The van der Waals surface area contributed by atoms with E-state index in [-0.39, 0.29) is 11.0 Å². The third kappa shape index (κ3) is 6.05. The number of hydrogen-bond acceptors (Lipinski definition) is 7. The molecule has 0 radical (unpaired) electrons. The molecule has 3 heterocycles. The average Bonchev–Trinajstić information content (AvgIpc) is 3.60. The van der Waals surface area contributed by atoms with Crippen molar-refractivity contribution >= 4 is 10.9 Å². The number of aryl methyl sites for hydroxylation is 1. The molecule has 208 valence electrons. The lowest BCUT2D eigenvalue weighted by Crippen LogP contribution is -2.35. The van der Waals surface area contributed by atoms with Crippen LogP contribution in [0.15, 0.2) is 76.1 Å². The Hall–Kier alpha value is -4.08. The predicted molar refractivity (Wildman–Crippen MR) is 154 cm³/mol. The molecule has 0 bridgehead atoms. The van der Waals surface area contributed by atoms with Gasteiger partial charge in [0.1, 0.15) is 11.8 Å². The summed E-state index contributed by atoms with van der Waals surface area (Å²) < 4.78 is 12.8. The molecule has 0 aliphatic carbocycles. The van der Waals surface area contributed by atoms with E-state index in [1.54, 1.807) is 18.1 Å². The molecule has 0 saturated heterocycles. The van der Waals surface area contributed by atoms with Crippen LogP contribution >= 0.6 is 0 Å². The summed E-state index contributed by atoms with van der Waals surface area (Å²) in [6.07, 6.45) is 1.66. The van der Waals surface area contributed by atoms with Crippen molar-refractivity contribution in [2.45, 2.75) is 58.8 Å². The second kappa shape index (κ2) is 11.6. The van der Waals surface area contributed by atoms with Crippen molar-refractivity contribution in [2.24, 2.45) is 0 Å². The molecular formula is C31H36N6O3. The highest BCUT2D eigenvalue weighted by Crippen LogP contribution is 2.31. The maximum atomic E-state index is 13.7. The van der Waals surface area contributed by atoms with Gasteiger partial charge in [-0.15, -0.1) is 5.10 Å². The van der Waals surface area contributed by atoms with Gasteiger partial charge >= 0.3 is 0 Å². The maximum absolute atomic E-state index is 13.7. The summed E-state index contributed by atoms with van der Waals surface area (Å²) in [5, 5.41) is 13.6. The van der Waals surface area contributed by atoms with Gasteiger partial charge in [-0.1, -0.05) is 57.2 Å². The number of nitrogens with one attached hydrogen (secondary N) is 1. The van der Waals surface area contributed by atoms with Crippen molar-refractivity contribution in [1.82, 2.24) is 30.1 Å². The average molecular weight is 541 g/mol. The van der Waals surface area contributed by atoms with E-state index in [0.29, 0.717) is 37.6 Å². The minimum atomic E-state index is -0.561. The van der Waals surface area contributed by atoms with Gasteiger partial charge in [-0.2, -0.15) is 0 Å². The topological polar surface area (TPSA) is 102 Å². The standard InChI is InChI=1S/C31H36N6O3/c1-21-8-11-23-18-26(30(38)32-27(23)17-21)28(29-33-34-35-37(29)14-16-39-5)36(20-25-7-6-15-40-25)19-22-9-12-24(13-10-22)31(2,3)4/h6-13,15,17-18,28H,14,16,19-20H2,1-5H3,(H,32,38). The number of rotatable bonds is 10. The summed E-state index contributed by atoms with van der Waals surface area (Å²) in [5.41, 5.74) is 4.66. The second-order valence-corrected chi connectivity index (χ2v) is 11.2. The highest BCUT2D eigenvalue weighted by Gasteiger charge is 2.31. The van der Waals surface area contributed by atoms with Gasteiger partial charge in [0.05, 0.1) is 26.0 Å². The number of nitrogens with zero attached hydrogens (tertiary/aromatic N) is 5. The van der Waals surface area contributed by atoms with Crippen LogP contribution in [0.1, 0.15) is 60.7 Å². The molecule has 9 nitrogen and oxygen atoms in total. The van der Waals surface area contributed by atoms with E-state index in [1.165, 1.54) is 5.56 Å². The smallest absolute Gasteiger partial charge is 0.253 e. The van der Waals surface area contributed by atoms with Crippen LogP contribution in [0.25, 0.3) is 10.9 Å². The van der Waals surface area contributed by atoms with Gasteiger partial charge in [0, 0.05) is 24.7 Å². The summed E-state index contributed by atoms with van der Waals surface area (Å²) in [6, 6.07) is 19.9. The molecule has 5 rings (SSSR count). The van der Waals surface area contributed by atoms with Crippen molar-refractivity contribution in [1.29, 1.82) is 0 Å². The Morgan fingerprint density at radius 3 is 2.58 bits per heavy atom. The van der Waals surface area contributed by atoms with Crippen molar-refractivity contribution in [2.75, 3.05) is 13.7 Å². The monoisotopic (exact) mass is 540 g/mol. The van der Waals surface area contributed by atoms with E-state index in [4.69, 9.17) is 9.15 Å². The van der Waals surface area contributed by atoms with Crippen LogP contribution in [-0.4, -0.2) is 43.8 Å². The summed E-state index contributed by atoms with van der Waals surface area (Å²) in [7, 11) is 1.64. The Bertz CT molecular complexity index is 1610. The van der Waals surface area contributed by atoms with Crippen LogP contribution in [0.4, 0.5) is 0 Å². The fourth-order valence-electron chi connectivity index (χ4n) is 4.96. The summed E-state index contributed by atoms with van der Waals surface area (Å²) >= 11 is 0. The second-order valence-electron chi connectivity index (χ2n) is 11.2. The SMILES string of the molecule is COCCn1nnnc1C(c1cc2ccc(C)cc2[nH]c1=O)N(Cc1ccc(C(C)(C)C)cc1)Cc1ccco1. The summed E-state index contributed by atoms with van der Waals surface area (Å²) in [4.78, 5) is 19.0. The van der Waals surface area contributed by atoms with Gasteiger partial charge < -0.3 is 14.1 Å². The van der Waals surface area contributed by atoms with Crippen LogP contribution in [0.2, 0.25) is 0 Å². The molecule has 1 unspecified atom stereocenters. The zero-order valence-electron chi connectivity index (χ0n) is 23.7. The molecule has 9 heteroatoms. The molecule has 0 aliphatic heterocycles. The zero-order valence-corrected chi connectivity index (χ0v) is 23.7. The van der Waals surface area contributed by atoms with Crippen LogP contribution < -0.4 is 5.56 Å². The first-order chi connectivity index (χ1) is 19.2. The van der Waals surface area contributed by atoms with Crippen molar-refractivity contribution < 1.29 is 9.15 Å². The lowest BCUT2D eigenvalue weighted by molar-refractivity contribution is 0.163. The normalized spacial score (nSPS) is 12.8. The van der Waals surface area contributed by atoms with Gasteiger partial charge in [0.25, 0.3) is 5.56 Å². The van der Waals surface area contributed by atoms with Crippen LogP contribution in [0.5, 0.6) is 0 Å². The van der Waals surface area contributed by atoms with E-state index in [9.17, 15) is 4.79 Å². The molecule has 0 saturated carbocycles. The largest absolute Gasteiger partial charge is 0.468 e. The fraction of sp³-hybridized carbons (Fsp3) is 0.355. The Balaban J connectivity index is 1.65. The lowest BCUT2D eigenvalue weighted by atomic mass is 9.86. The number of furan rings is 1. The highest BCUT2D eigenvalue weighted by atomic mass is 16.5. The van der Waals surface area contributed by atoms with Gasteiger partial charge in [-0.3, -0.25) is 9.69 Å². The number of aromatic nitrogens is 5. The van der Waals surface area contributed by atoms with Crippen molar-refractivity contribution in [3.05, 3.63) is 111 Å². The molecule has 1 N–H and O–H groups in total. The maximum Gasteiger partial charge on any atom is 0.253 e. The number of pyridine rings is 1. The first kappa shape index (κ1) is 27.5. The number of hydrogen-bond donors (Lipinski definition) is 1. The molecular weight excluding hydrogens is 504 g/mol. The van der Waals surface area contributed by atoms with Crippen LogP contribution in [-0.2, 0) is 29.8 Å². The van der Waals surface area contributed by atoms with E-state index in [1.807, 2.05) is 43.3 Å². The Labute approximate surface area is 233 Å². The number of ether oxygens (including phenoxy) is 1. The lowest BCUT2D eigenvalue weighted by Gasteiger charge is -2.30. The minimum absolute atomic E-state index is 0.0507. The van der Waals surface area contributed by atoms with Gasteiger partial charge in [-0.05, 0) is 69.1 Å². The first-order valence-corrected chi connectivity index (χ1v) is 13.5. The molecule has 5 aromatic rings. The Morgan fingerprint density at radius 1 is 1.07 bits per heavy atom. The van der Waals surface area contributed by atoms with Crippen molar-refractivity contribution in [3.8, 4) is 0 Å². The Morgan fingerprint density at radius 2 is 1.88 bits per heavy atom. The highest BCUT2D eigenvalue weighted by molar-refractivity contribution is 5.79. The molecule has 0 fully saturated rings. The minimum Gasteiger partial charge on any atom is -0.468 e. The van der Waals surface area contributed by atoms with E-state index >= 15 is 0 Å². The van der Waals surface area contributed by atoms with Crippen LogP contribution in [0.3, 0.4) is 0 Å². The molecule has 0 spiro atoms. The molecule has 0 amide bonds. The fourth-order valence-corrected chi connectivity index (χ4v) is 4.96.